The van der Waals surface area contributed by atoms with E-state index in [1.807, 2.05) is 18.2 Å². The van der Waals surface area contributed by atoms with Crippen LogP contribution in [0.4, 0.5) is 10.5 Å². The van der Waals surface area contributed by atoms with Crippen molar-refractivity contribution in [3.05, 3.63) is 36.0 Å². The van der Waals surface area contributed by atoms with Gasteiger partial charge in [-0.2, -0.15) is 0 Å². The van der Waals surface area contributed by atoms with Crippen LogP contribution in [0.1, 0.15) is 16.8 Å². The fourth-order valence-electron chi connectivity index (χ4n) is 2.89. The van der Waals surface area contributed by atoms with Crippen molar-refractivity contribution >= 4 is 28.6 Å². The van der Waals surface area contributed by atoms with Gasteiger partial charge in [-0.1, -0.05) is 0 Å². The van der Waals surface area contributed by atoms with Gasteiger partial charge in [-0.3, -0.25) is 9.78 Å². The molecule has 1 aromatic heterocycles. The number of carbonyl (C=O) groups is 2. The molecule has 120 valence electrons. The SMILES string of the molecule is CNC(=O)c1ccc(N[C@H]2CCN(C(=O)O)C2)c2cccnc12. The summed E-state index contributed by atoms with van der Waals surface area (Å²) in [6.07, 6.45) is 1.52. The largest absolute Gasteiger partial charge is 0.465 e. The summed E-state index contributed by atoms with van der Waals surface area (Å²) in [6, 6.07) is 7.36. The van der Waals surface area contributed by atoms with Crippen LogP contribution in [0.5, 0.6) is 0 Å². The molecule has 2 heterocycles. The number of likely N-dealkylation sites (tertiary alicyclic amines) is 1. The molecule has 0 bridgehead atoms. The van der Waals surface area contributed by atoms with Gasteiger partial charge in [0.1, 0.15) is 0 Å². The standard InChI is InChI=1S/C16H18N4O3/c1-17-15(21)12-4-5-13(11-3-2-7-18-14(11)12)19-10-6-8-20(9-10)16(22)23/h2-5,7,10,19H,6,8-9H2,1H3,(H,17,21)(H,22,23)/t10-/m0/s1. The minimum absolute atomic E-state index is 0.0559. The molecule has 1 aliphatic rings. The number of carboxylic acid groups (broad SMARTS) is 1. The van der Waals surface area contributed by atoms with Gasteiger partial charge in [0, 0.05) is 43.4 Å². The summed E-state index contributed by atoms with van der Waals surface area (Å²) < 4.78 is 0. The maximum atomic E-state index is 12.0. The molecule has 3 N–H and O–H groups in total. The lowest BCUT2D eigenvalue weighted by Gasteiger charge is -2.17. The zero-order chi connectivity index (χ0) is 16.4. The number of hydrogen-bond donors (Lipinski definition) is 3. The highest BCUT2D eigenvalue weighted by molar-refractivity contribution is 6.08. The Labute approximate surface area is 133 Å². The van der Waals surface area contributed by atoms with E-state index in [-0.39, 0.29) is 11.9 Å². The van der Waals surface area contributed by atoms with Gasteiger partial charge >= 0.3 is 6.09 Å². The summed E-state index contributed by atoms with van der Waals surface area (Å²) in [4.78, 5) is 28.7. The Morgan fingerprint density at radius 1 is 1.35 bits per heavy atom. The number of rotatable bonds is 3. The van der Waals surface area contributed by atoms with Gasteiger partial charge < -0.3 is 20.6 Å². The van der Waals surface area contributed by atoms with Crippen LogP contribution in [0.2, 0.25) is 0 Å². The van der Waals surface area contributed by atoms with Crippen LogP contribution in [0.25, 0.3) is 10.9 Å². The highest BCUT2D eigenvalue weighted by atomic mass is 16.4. The van der Waals surface area contributed by atoms with Crippen LogP contribution in [0, 0.1) is 0 Å². The number of pyridine rings is 1. The number of benzene rings is 1. The topological polar surface area (TPSA) is 94.6 Å². The summed E-state index contributed by atoms with van der Waals surface area (Å²) in [7, 11) is 1.59. The third kappa shape index (κ3) is 2.90. The maximum absolute atomic E-state index is 12.0. The summed E-state index contributed by atoms with van der Waals surface area (Å²) in [5.74, 6) is -0.182. The molecular formula is C16H18N4O3. The number of aromatic nitrogens is 1. The van der Waals surface area contributed by atoms with Crippen molar-refractivity contribution < 1.29 is 14.7 Å². The van der Waals surface area contributed by atoms with Crippen molar-refractivity contribution in [1.82, 2.24) is 15.2 Å². The summed E-state index contributed by atoms with van der Waals surface area (Å²) in [5, 5.41) is 15.9. The molecule has 1 saturated heterocycles. The minimum atomic E-state index is -0.893. The first kappa shape index (κ1) is 15.1. The average molecular weight is 314 g/mol. The van der Waals surface area contributed by atoms with Crippen LogP contribution >= 0.6 is 0 Å². The van der Waals surface area contributed by atoms with E-state index in [0.717, 1.165) is 17.5 Å². The number of nitrogens with one attached hydrogen (secondary N) is 2. The van der Waals surface area contributed by atoms with Crippen LogP contribution in [-0.4, -0.2) is 53.2 Å². The predicted molar refractivity (Wildman–Crippen MR) is 86.8 cm³/mol. The third-order valence-corrected chi connectivity index (χ3v) is 4.06. The monoisotopic (exact) mass is 314 g/mol. The third-order valence-electron chi connectivity index (χ3n) is 4.06. The fraction of sp³-hybridized carbons (Fsp3) is 0.312. The molecule has 2 aromatic rings. The van der Waals surface area contributed by atoms with E-state index < -0.39 is 6.09 Å². The molecule has 1 aromatic carbocycles. The van der Waals surface area contributed by atoms with Gasteiger partial charge in [0.2, 0.25) is 0 Å². The van der Waals surface area contributed by atoms with Gasteiger partial charge in [-0.05, 0) is 30.7 Å². The molecule has 23 heavy (non-hydrogen) atoms. The molecular weight excluding hydrogens is 296 g/mol. The molecule has 3 rings (SSSR count). The van der Waals surface area contributed by atoms with E-state index in [0.29, 0.717) is 24.2 Å². The van der Waals surface area contributed by atoms with E-state index in [2.05, 4.69) is 15.6 Å². The van der Waals surface area contributed by atoms with E-state index in [1.54, 1.807) is 19.3 Å². The Morgan fingerprint density at radius 3 is 2.87 bits per heavy atom. The summed E-state index contributed by atoms with van der Waals surface area (Å²) >= 11 is 0. The quantitative estimate of drug-likeness (QED) is 0.802. The lowest BCUT2D eigenvalue weighted by atomic mass is 10.1. The Balaban J connectivity index is 1.91. The van der Waals surface area contributed by atoms with Crippen molar-refractivity contribution in [3.63, 3.8) is 0 Å². The molecule has 1 atom stereocenters. The molecule has 0 radical (unpaired) electrons. The van der Waals surface area contributed by atoms with Gasteiger partial charge in [-0.25, -0.2) is 4.79 Å². The van der Waals surface area contributed by atoms with Crippen LogP contribution in [0.15, 0.2) is 30.5 Å². The van der Waals surface area contributed by atoms with E-state index in [4.69, 9.17) is 5.11 Å². The smallest absolute Gasteiger partial charge is 0.407 e. The number of hydrogen-bond acceptors (Lipinski definition) is 4. The first-order valence-corrected chi connectivity index (χ1v) is 7.44. The highest BCUT2D eigenvalue weighted by Gasteiger charge is 2.26. The second-order valence-corrected chi connectivity index (χ2v) is 5.50. The molecule has 7 heteroatoms. The van der Waals surface area contributed by atoms with Crippen molar-refractivity contribution in [2.75, 3.05) is 25.5 Å². The molecule has 2 amide bonds. The molecule has 1 aliphatic heterocycles. The van der Waals surface area contributed by atoms with Crippen molar-refractivity contribution in [3.8, 4) is 0 Å². The van der Waals surface area contributed by atoms with Gasteiger partial charge in [0.15, 0.2) is 0 Å². The maximum Gasteiger partial charge on any atom is 0.407 e. The number of amides is 2. The Morgan fingerprint density at radius 2 is 2.17 bits per heavy atom. The van der Waals surface area contributed by atoms with Gasteiger partial charge in [0.25, 0.3) is 5.91 Å². The molecule has 0 spiro atoms. The van der Waals surface area contributed by atoms with Gasteiger partial charge in [-0.15, -0.1) is 0 Å². The highest BCUT2D eigenvalue weighted by Crippen LogP contribution is 2.27. The number of nitrogens with zero attached hydrogens (tertiary/aromatic N) is 2. The van der Waals surface area contributed by atoms with E-state index >= 15 is 0 Å². The summed E-state index contributed by atoms with van der Waals surface area (Å²) in [6.45, 7) is 0.980. The molecule has 0 aliphatic carbocycles. The molecule has 7 nitrogen and oxygen atoms in total. The average Bonchev–Trinajstić information content (AvgIpc) is 3.03. The predicted octanol–water partition coefficient (Wildman–Crippen LogP) is 1.76. The molecule has 1 fully saturated rings. The lowest BCUT2D eigenvalue weighted by Crippen LogP contribution is -2.30. The second kappa shape index (κ2) is 6.12. The number of carbonyl (C=O) groups excluding carboxylic acids is 1. The number of anilines is 1. The van der Waals surface area contributed by atoms with Crippen molar-refractivity contribution in [2.24, 2.45) is 0 Å². The Bertz CT molecular complexity index is 762. The second-order valence-electron chi connectivity index (χ2n) is 5.50. The first-order valence-electron chi connectivity index (χ1n) is 7.44. The van der Waals surface area contributed by atoms with E-state index in [9.17, 15) is 9.59 Å². The van der Waals surface area contributed by atoms with E-state index in [1.165, 1.54) is 4.90 Å². The van der Waals surface area contributed by atoms with Crippen LogP contribution in [-0.2, 0) is 0 Å². The Kier molecular flexibility index (Phi) is 4.01. The number of fused-ring (bicyclic) bond motifs is 1. The van der Waals surface area contributed by atoms with Crippen LogP contribution in [0.3, 0.4) is 0 Å². The van der Waals surface area contributed by atoms with Crippen molar-refractivity contribution in [2.45, 2.75) is 12.5 Å². The summed E-state index contributed by atoms with van der Waals surface area (Å²) in [5.41, 5.74) is 2.01. The normalized spacial score (nSPS) is 17.3. The molecule has 0 saturated carbocycles. The minimum Gasteiger partial charge on any atom is -0.465 e. The van der Waals surface area contributed by atoms with Crippen molar-refractivity contribution in [1.29, 1.82) is 0 Å². The van der Waals surface area contributed by atoms with Gasteiger partial charge in [0.05, 0.1) is 11.1 Å². The molecule has 0 unspecified atom stereocenters. The zero-order valence-corrected chi connectivity index (χ0v) is 12.7. The zero-order valence-electron chi connectivity index (χ0n) is 12.7. The first-order chi connectivity index (χ1) is 11.1. The fourth-order valence-corrected chi connectivity index (χ4v) is 2.89. The lowest BCUT2D eigenvalue weighted by molar-refractivity contribution is 0.0964. The Hall–Kier alpha value is -2.83. The van der Waals surface area contributed by atoms with Crippen LogP contribution < -0.4 is 10.6 Å².